The van der Waals surface area contributed by atoms with Crippen LogP contribution in [-0.2, 0) is 72.9 Å². The van der Waals surface area contributed by atoms with E-state index in [2.05, 4.69) is 26.8 Å². The summed E-state index contributed by atoms with van der Waals surface area (Å²) in [6.45, 7) is 8.04. The van der Waals surface area contributed by atoms with Crippen LogP contribution in [0.1, 0.15) is 191 Å². The number of unbranched alkanes of at least 4 members (excludes halogenated alkanes) is 14. The van der Waals surface area contributed by atoms with Crippen molar-refractivity contribution in [2.75, 3.05) is 78.5 Å². The predicted molar refractivity (Wildman–Crippen MR) is 305 cm³/mol. The van der Waals surface area contributed by atoms with Gasteiger partial charge in [0, 0.05) is 103 Å². The van der Waals surface area contributed by atoms with Gasteiger partial charge in [0.15, 0.2) is 0 Å². The maximum Gasteiger partial charge on any atom is 0.326 e. The number of aliphatic hydroxyl groups excluding tert-OH is 1. The highest BCUT2D eigenvalue weighted by atomic mass is 32.2. The molecule has 0 fully saturated rings. The molecule has 0 spiro atoms. The Kier molecular flexibility index (Phi) is 51.3. The summed E-state index contributed by atoms with van der Waals surface area (Å²) in [6.07, 6.45) is 20.1. The fourth-order valence-electron chi connectivity index (χ4n) is 7.80. The van der Waals surface area contributed by atoms with E-state index < -0.39 is 58.7 Å². The maximum absolute atomic E-state index is 12.8. The monoisotopic (exact) mass is 1150 g/mol. The SMILES string of the molecule is CCC(=O)NCCOCCOCC(=O)NCCCC[C@H](C)C(=O)C[C@@H](CCS(C)=O)C(=O)NN[C@H](C(N)=O)[C@@H](C)O.COCCOCCCC(=O)CC[C@H](NC(=O)CCCCCCCCCCCCCCCCC(=O)O)C(=O)O.[HH].[HH]. The van der Waals surface area contributed by atoms with Crippen LogP contribution in [0.4, 0.5) is 0 Å². The number of ether oxygens (including phenoxy) is 4. The van der Waals surface area contributed by atoms with Crippen molar-refractivity contribution in [3.8, 4) is 0 Å². The van der Waals surface area contributed by atoms with Gasteiger partial charge in [-0.3, -0.25) is 48.0 Å². The Morgan fingerprint density at radius 1 is 0.608 bits per heavy atom. The zero-order chi connectivity index (χ0) is 59.5. The molecular formula is C55H106N6O17S. The molecule has 0 aromatic carbocycles. The van der Waals surface area contributed by atoms with Crippen LogP contribution in [0.3, 0.4) is 0 Å². The van der Waals surface area contributed by atoms with Crippen LogP contribution < -0.4 is 32.5 Å². The number of hydrazine groups is 1. The normalized spacial score (nSPS) is 13.3. The van der Waals surface area contributed by atoms with Gasteiger partial charge in [0.1, 0.15) is 30.3 Å². The number of nitrogens with one attached hydrogen (secondary N) is 5. The van der Waals surface area contributed by atoms with E-state index in [1.165, 1.54) is 58.1 Å². The van der Waals surface area contributed by atoms with Gasteiger partial charge in [-0.25, -0.2) is 10.2 Å². The van der Waals surface area contributed by atoms with Crippen molar-refractivity contribution in [1.29, 1.82) is 0 Å². The number of ketones is 2. The van der Waals surface area contributed by atoms with Crippen molar-refractivity contribution in [1.82, 2.24) is 26.8 Å². The maximum atomic E-state index is 12.8. The summed E-state index contributed by atoms with van der Waals surface area (Å²) in [4.78, 5) is 106. The summed E-state index contributed by atoms with van der Waals surface area (Å²) in [6, 6.07) is -2.23. The van der Waals surface area contributed by atoms with Crippen LogP contribution in [0, 0.1) is 11.8 Å². The minimum atomic E-state index is -1.20. The molecule has 0 heterocycles. The minimum absolute atomic E-state index is 0. The number of methoxy groups -OCH3 is 1. The molecule has 0 aliphatic rings. The van der Waals surface area contributed by atoms with Gasteiger partial charge in [-0.1, -0.05) is 97.3 Å². The Hall–Kier alpha value is -4.46. The Bertz CT molecular complexity index is 1720. The number of primary amides is 1. The molecule has 0 aliphatic heterocycles. The number of amides is 5. The lowest BCUT2D eigenvalue weighted by atomic mass is 9.90. The van der Waals surface area contributed by atoms with Crippen LogP contribution in [0.25, 0.3) is 0 Å². The highest BCUT2D eigenvalue weighted by Crippen LogP contribution is 2.18. The summed E-state index contributed by atoms with van der Waals surface area (Å²) >= 11 is 0. The van der Waals surface area contributed by atoms with Gasteiger partial charge >= 0.3 is 11.9 Å². The van der Waals surface area contributed by atoms with Gasteiger partial charge in [-0.2, -0.15) is 0 Å². The number of carbonyl (C=O) groups is 9. The first-order valence-electron chi connectivity index (χ1n) is 28.6. The molecule has 0 bridgehead atoms. The first-order chi connectivity index (χ1) is 37.7. The summed E-state index contributed by atoms with van der Waals surface area (Å²) in [7, 11) is 0.432. The van der Waals surface area contributed by atoms with Gasteiger partial charge in [0.2, 0.25) is 29.5 Å². The second-order valence-corrected chi connectivity index (χ2v) is 21.4. The molecule has 23 nitrogen and oxygen atoms in total. The van der Waals surface area contributed by atoms with Gasteiger partial charge in [0.05, 0.1) is 39.1 Å². The van der Waals surface area contributed by atoms with Gasteiger partial charge in [-0.15, -0.1) is 0 Å². The van der Waals surface area contributed by atoms with Crippen molar-refractivity contribution in [2.45, 2.75) is 206 Å². The number of hydrogen-bond acceptors (Lipinski definition) is 16. The van der Waals surface area contributed by atoms with Crippen LogP contribution >= 0.6 is 0 Å². The number of carbonyl (C=O) groups excluding carboxylic acids is 7. The molecule has 6 atom stereocenters. The van der Waals surface area contributed by atoms with Crippen molar-refractivity contribution in [3.63, 3.8) is 0 Å². The Labute approximate surface area is 475 Å². The van der Waals surface area contributed by atoms with Crippen LogP contribution in [0.2, 0.25) is 0 Å². The third-order valence-corrected chi connectivity index (χ3v) is 13.5. The minimum Gasteiger partial charge on any atom is -0.481 e. The largest absolute Gasteiger partial charge is 0.481 e. The lowest BCUT2D eigenvalue weighted by Gasteiger charge is -2.22. The Morgan fingerprint density at radius 3 is 1.71 bits per heavy atom. The zero-order valence-corrected chi connectivity index (χ0v) is 49.2. The molecule has 24 heteroatoms. The molecule has 10 N–H and O–H groups in total. The number of aliphatic hydroxyl groups is 1. The third-order valence-electron chi connectivity index (χ3n) is 12.7. The number of nitrogens with two attached hydrogens (primary N) is 1. The summed E-state index contributed by atoms with van der Waals surface area (Å²) < 4.78 is 32.3. The third kappa shape index (κ3) is 50.3. The standard InChI is InChI=1S/C29H53NO8.C26H49N5O9S.2H2/c1-37-23-24-38-22-16-17-25(31)20-21-26(29(35)36)30-27(32)18-14-12-10-8-6-4-2-3-5-7-9-11-13-15-19-28(33)34;1-5-22(34)29-11-12-39-13-14-40-17-23(35)28-10-7-6-8-18(2)21(33)16-20(9-15-41(4)38)26(37)31-30-24(19(3)32)25(27)36;;/h26H,2-24H2,1H3,(H,30,32)(H,33,34)(H,35,36);18-20,24,30,32H,5-17H2,1-4H3,(H2,27,36)(H,28,35)(H,29,34)(H,31,37);2*1H/t26-;18-,19+,20+,24-,41?;;/m00../s1. The fourth-order valence-corrected chi connectivity index (χ4v) is 8.42. The van der Waals surface area contributed by atoms with E-state index in [0.29, 0.717) is 91.1 Å². The summed E-state index contributed by atoms with van der Waals surface area (Å²) in [5, 5.41) is 35.6. The van der Waals surface area contributed by atoms with Gasteiger partial charge in [0.25, 0.3) is 0 Å². The molecule has 5 amide bonds. The average molecular weight is 1160 g/mol. The van der Waals surface area contributed by atoms with E-state index in [1.807, 2.05) is 0 Å². The smallest absolute Gasteiger partial charge is 0.326 e. The first-order valence-corrected chi connectivity index (χ1v) is 30.3. The van der Waals surface area contributed by atoms with Gasteiger partial charge < -0.3 is 56.0 Å². The highest BCUT2D eigenvalue weighted by molar-refractivity contribution is 7.84. The van der Waals surface area contributed by atoms with E-state index in [9.17, 15) is 57.6 Å². The van der Waals surface area contributed by atoms with Crippen LogP contribution in [0.5, 0.6) is 0 Å². The molecule has 464 valence electrons. The van der Waals surface area contributed by atoms with E-state index in [1.54, 1.807) is 21.0 Å². The molecule has 0 aliphatic carbocycles. The second kappa shape index (κ2) is 52.9. The van der Waals surface area contributed by atoms with E-state index >= 15 is 0 Å². The Morgan fingerprint density at radius 2 is 1.16 bits per heavy atom. The van der Waals surface area contributed by atoms with Gasteiger partial charge in [-0.05, 0) is 51.9 Å². The number of carboxylic acid groups (broad SMARTS) is 2. The topological polar surface area (TPSA) is 354 Å². The molecule has 0 aromatic rings. The molecule has 0 saturated carbocycles. The first kappa shape index (κ1) is 76.6. The predicted octanol–water partition coefficient (Wildman–Crippen LogP) is 4.83. The number of Topliss-reactive ketones (excluding diaryl/α,β-unsaturated/α-hetero) is 2. The summed E-state index contributed by atoms with van der Waals surface area (Å²) in [5.74, 6) is -4.78. The van der Waals surface area contributed by atoms with Crippen molar-refractivity contribution in [3.05, 3.63) is 0 Å². The lowest BCUT2D eigenvalue weighted by Crippen LogP contribution is -2.56. The fraction of sp³-hybridized carbons (Fsp3) is 0.836. The number of rotatable bonds is 54. The molecule has 0 radical (unpaired) electrons. The lowest BCUT2D eigenvalue weighted by molar-refractivity contribution is -0.142. The van der Waals surface area contributed by atoms with E-state index in [-0.39, 0.29) is 89.1 Å². The Balaban J connectivity index is -0.000000716. The number of hydrogen-bond donors (Lipinski definition) is 9. The molecule has 1 unspecified atom stereocenters. The number of aliphatic carboxylic acids is 2. The van der Waals surface area contributed by atoms with Crippen molar-refractivity contribution < 1.29 is 84.5 Å². The van der Waals surface area contributed by atoms with Crippen molar-refractivity contribution >= 4 is 63.8 Å². The van der Waals surface area contributed by atoms with E-state index in [4.69, 9.17) is 29.8 Å². The average Bonchev–Trinajstić information content (AvgIpc) is 3.39. The molecule has 0 saturated heterocycles. The molecule has 0 aromatic heterocycles. The highest BCUT2D eigenvalue weighted by Gasteiger charge is 2.27. The molecule has 79 heavy (non-hydrogen) atoms. The van der Waals surface area contributed by atoms with E-state index in [0.717, 1.165) is 44.9 Å². The van der Waals surface area contributed by atoms with Crippen LogP contribution in [-0.4, -0.2) is 169 Å². The quantitative estimate of drug-likeness (QED) is 0.0291. The number of carboxylic acids is 2. The zero-order valence-electron chi connectivity index (χ0n) is 48.4. The van der Waals surface area contributed by atoms with Crippen LogP contribution in [0.15, 0.2) is 0 Å². The molecule has 0 rings (SSSR count). The second-order valence-electron chi connectivity index (χ2n) is 19.9. The van der Waals surface area contributed by atoms with Crippen molar-refractivity contribution in [2.24, 2.45) is 17.6 Å². The molecular weight excluding hydrogens is 1050 g/mol. The summed E-state index contributed by atoms with van der Waals surface area (Å²) in [5.41, 5.74) is 9.96.